The molecule has 0 amide bonds. The summed E-state index contributed by atoms with van der Waals surface area (Å²) in [7, 11) is 0. The van der Waals surface area contributed by atoms with Gasteiger partial charge in [0.05, 0.1) is 0 Å². The summed E-state index contributed by atoms with van der Waals surface area (Å²) >= 11 is 0. The minimum atomic E-state index is 0.568. The third kappa shape index (κ3) is 2.06. The van der Waals surface area contributed by atoms with E-state index in [2.05, 4.69) is 23.3 Å². The Morgan fingerprint density at radius 1 is 1.43 bits per heavy atom. The van der Waals surface area contributed by atoms with Gasteiger partial charge in [0.2, 0.25) is 0 Å². The highest BCUT2D eigenvalue weighted by molar-refractivity contribution is 5.36. The Hall–Kier alpha value is -1.05. The summed E-state index contributed by atoms with van der Waals surface area (Å²) in [6, 6.07) is 6.69. The molecular formula is C12H18N2. The van der Waals surface area contributed by atoms with E-state index in [1.807, 2.05) is 19.1 Å². The summed E-state index contributed by atoms with van der Waals surface area (Å²) in [6.07, 6.45) is 4.15. The van der Waals surface area contributed by atoms with Gasteiger partial charge >= 0.3 is 0 Å². The maximum atomic E-state index is 4.44. The van der Waals surface area contributed by atoms with Crippen molar-refractivity contribution in [3.8, 4) is 0 Å². The average molecular weight is 190 g/mol. The monoisotopic (exact) mass is 190 g/mol. The molecule has 1 fully saturated rings. The predicted molar refractivity (Wildman–Crippen MR) is 59.4 cm³/mol. The van der Waals surface area contributed by atoms with Crippen LogP contribution in [-0.4, -0.2) is 11.0 Å². The molecule has 2 heteroatoms. The average Bonchev–Trinajstić information content (AvgIpc) is 1.99. The van der Waals surface area contributed by atoms with Crippen LogP contribution >= 0.6 is 0 Å². The van der Waals surface area contributed by atoms with E-state index in [0.717, 1.165) is 17.4 Å². The summed E-state index contributed by atoms with van der Waals surface area (Å²) in [5.74, 6) is 1.88. The molecule has 1 heterocycles. The lowest BCUT2D eigenvalue weighted by Gasteiger charge is -2.32. The van der Waals surface area contributed by atoms with Crippen molar-refractivity contribution < 1.29 is 0 Å². The molecule has 0 radical (unpaired) electrons. The summed E-state index contributed by atoms with van der Waals surface area (Å²) in [5, 5.41) is 3.47. The third-order valence-electron chi connectivity index (χ3n) is 3.12. The normalized spacial score (nSPS) is 18.7. The van der Waals surface area contributed by atoms with Crippen molar-refractivity contribution in [2.75, 3.05) is 5.32 Å². The van der Waals surface area contributed by atoms with Gasteiger partial charge in [0.1, 0.15) is 5.82 Å². The molecule has 14 heavy (non-hydrogen) atoms. The molecule has 76 valence electrons. The molecule has 1 aromatic heterocycles. The van der Waals surface area contributed by atoms with E-state index in [4.69, 9.17) is 0 Å². The standard InChI is InChI=1S/C12H18N2/c1-9-5-3-8-12(13-9)14-10(2)11-6-4-7-11/h3,5,8,10-11H,4,6-7H2,1-2H3,(H,13,14). The van der Waals surface area contributed by atoms with Crippen LogP contribution in [0.5, 0.6) is 0 Å². The molecule has 1 atom stereocenters. The first-order valence-corrected chi connectivity index (χ1v) is 5.46. The number of anilines is 1. The summed E-state index contributed by atoms with van der Waals surface area (Å²) in [4.78, 5) is 4.44. The molecule has 1 N–H and O–H groups in total. The Kier molecular flexibility index (Phi) is 2.71. The van der Waals surface area contributed by atoms with Gasteiger partial charge in [-0.15, -0.1) is 0 Å². The van der Waals surface area contributed by atoms with E-state index >= 15 is 0 Å². The lowest BCUT2D eigenvalue weighted by molar-refractivity contribution is 0.285. The van der Waals surface area contributed by atoms with Gasteiger partial charge in [-0.3, -0.25) is 0 Å². The number of pyridine rings is 1. The molecule has 0 aromatic carbocycles. The van der Waals surface area contributed by atoms with Gasteiger partial charge in [-0.2, -0.15) is 0 Å². The minimum Gasteiger partial charge on any atom is -0.367 e. The fourth-order valence-corrected chi connectivity index (χ4v) is 1.91. The molecule has 0 bridgehead atoms. The van der Waals surface area contributed by atoms with Crippen LogP contribution in [0.3, 0.4) is 0 Å². The topological polar surface area (TPSA) is 24.9 Å². The highest BCUT2D eigenvalue weighted by atomic mass is 15.0. The molecule has 0 saturated heterocycles. The van der Waals surface area contributed by atoms with Gasteiger partial charge in [-0.1, -0.05) is 12.5 Å². The largest absolute Gasteiger partial charge is 0.367 e. The Balaban J connectivity index is 1.95. The molecule has 1 aliphatic rings. The van der Waals surface area contributed by atoms with Crippen molar-refractivity contribution in [1.82, 2.24) is 4.98 Å². The smallest absolute Gasteiger partial charge is 0.126 e. The second-order valence-corrected chi connectivity index (χ2v) is 4.29. The lowest BCUT2D eigenvalue weighted by atomic mass is 9.80. The highest BCUT2D eigenvalue weighted by Crippen LogP contribution is 2.30. The number of aryl methyl sites for hydroxylation is 1. The summed E-state index contributed by atoms with van der Waals surface area (Å²) in [5.41, 5.74) is 1.08. The molecule has 0 aliphatic heterocycles. The zero-order chi connectivity index (χ0) is 9.97. The number of hydrogen-bond donors (Lipinski definition) is 1. The maximum absolute atomic E-state index is 4.44. The Bertz CT molecular complexity index is 305. The molecule has 1 aliphatic carbocycles. The van der Waals surface area contributed by atoms with E-state index in [-0.39, 0.29) is 0 Å². The molecule has 2 rings (SSSR count). The summed E-state index contributed by atoms with van der Waals surface area (Å²) < 4.78 is 0. The van der Waals surface area contributed by atoms with Crippen LogP contribution in [0.2, 0.25) is 0 Å². The van der Waals surface area contributed by atoms with Crippen molar-refractivity contribution in [1.29, 1.82) is 0 Å². The molecule has 1 aromatic rings. The van der Waals surface area contributed by atoms with E-state index in [1.54, 1.807) is 0 Å². The molecular weight excluding hydrogens is 172 g/mol. The van der Waals surface area contributed by atoms with Crippen molar-refractivity contribution in [2.45, 2.75) is 39.2 Å². The SMILES string of the molecule is Cc1cccc(NC(C)C2CCC2)n1. The molecule has 2 nitrogen and oxygen atoms in total. The number of hydrogen-bond acceptors (Lipinski definition) is 2. The first-order valence-electron chi connectivity index (χ1n) is 5.46. The van der Waals surface area contributed by atoms with Gasteiger partial charge in [-0.25, -0.2) is 4.98 Å². The van der Waals surface area contributed by atoms with E-state index in [0.29, 0.717) is 6.04 Å². The van der Waals surface area contributed by atoms with Gasteiger partial charge in [-0.05, 0) is 44.7 Å². The van der Waals surface area contributed by atoms with Crippen LogP contribution < -0.4 is 5.32 Å². The first kappa shape index (κ1) is 9.50. The van der Waals surface area contributed by atoms with Crippen LogP contribution in [0.1, 0.15) is 31.9 Å². The zero-order valence-electron chi connectivity index (χ0n) is 8.96. The van der Waals surface area contributed by atoms with E-state index in [9.17, 15) is 0 Å². The number of rotatable bonds is 3. The van der Waals surface area contributed by atoms with Crippen LogP contribution in [0.25, 0.3) is 0 Å². The Morgan fingerprint density at radius 3 is 2.79 bits per heavy atom. The number of nitrogens with one attached hydrogen (secondary N) is 1. The predicted octanol–water partition coefficient (Wildman–Crippen LogP) is 2.99. The van der Waals surface area contributed by atoms with Crippen molar-refractivity contribution >= 4 is 5.82 Å². The fourth-order valence-electron chi connectivity index (χ4n) is 1.91. The quantitative estimate of drug-likeness (QED) is 0.792. The number of nitrogens with zero attached hydrogens (tertiary/aromatic N) is 1. The van der Waals surface area contributed by atoms with Crippen molar-refractivity contribution in [3.63, 3.8) is 0 Å². The molecule has 0 spiro atoms. The van der Waals surface area contributed by atoms with E-state index < -0.39 is 0 Å². The second-order valence-electron chi connectivity index (χ2n) is 4.29. The van der Waals surface area contributed by atoms with E-state index in [1.165, 1.54) is 19.3 Å². The Labute approximate surface area is 85.7 Å². The van der Waals surface area contributed by atoms with Crippen molar-refractivity contribution in [3.05, 3.63) is 23.9 Å². The zero-order valence-corrected chi connectivity index (χ0v) is 8.96. The summed E-state index contributed by atoms with van der Waals surface area (Å²) in [6.45, 7) is 4.28. The minimum absolute atomic E-state index is 0.568. The van der Waals surface area contributed by atoms with Crippen LogP contribution in [-0.2, 0) is 0 Å². The number of aromatic nitrogens is 1. The van der Waals surface area contributed by atoms with Gasteiger partial charge in [0, 0.05) is 11.7 Å². The Morgan fingerprint density at radius 2 is 2.21 bits per heavy atom. The second kappa shape index (κ2) is 3.99. The van der Waals surface area contributed by atoms with Crippen LogP contribution in [0.15, 0.2) is 18.2 Å². The lowest BCUT2D eigenvalue weighted by Crippen LogP contribution is -2.31. The van der Waals surface area contributed by atoms with Gasteiger partial charge in [0.25, 0.3) is 0 Å². The fraction of sp³-hybridized carbons (Fsp3) is 0.583. The van der Waals surface area contributed by atoms with Crippen molar-refractivity contribution in [2.24, 2.45) is 5.92 Å². The van der Waals surface area contributed by atoms with Crippen LogP contribution in [0, 0.1) is 12.8 Å². The molecule has 1 saturated carbocycles. The highest BCUT2D eigenvalue weighted by Gasteiger charge is 2.23. The van der Waals surface area contributed by atoms with Gasteiger partial charge < -0.3 is 5.32 Å². The first-order chi connectivity index (χ1) is 6.75. The third-order valence-corrected chi connectivity index (χ3v) is 3.12. The van der Waals surface area contributed by atoms with Gasteiger partial charge in [0.15, 0.2) is 0 Å². The molecule has 1 unspecified atom stereocenters. The maximum Gasteiger partial charge on any atom is 0.126 e. The van der Waals surface area contributed by atoms with Crippen LogP contribution in [0.4, 0.5) is 5.82 Å².